The quantitative estimate of drug-likeness (QED) is 0.618. The number of thiophene rings is 1. The first-order valence-electron chi connectivity index (χ1n) is 9.69. The summed E-state index contributed by atoms with van der Waals surface area (Å²) in [5.74, 6) is -0.797. The van der Waals surface area contributed by atoms with E-state index in [0.29, 0.717) is 26.3 Å². The third kappa shape index (κ3) is 4.14. The van der Waals surface area contributed by atoms with Gasteiger partial charge >= 0.3 is 5.97 Å². The summed E-state index contributed by atoms with van der Waals surface area (Å²) in [6.07, 6.45) is 1.09. The van der Waals surface area contributed by atoms with E-state index < -0.39 is 12.0 Å². The van der Waals surface area contributed by atoms with Crippen LogP contribution in [0.4, 0.5) is 5.69 Å². The van der Waals surface area contributed by atoms with Gasteiger partial charge in [0.25, 0.3) is 5.56 Å². The van der Waals surface area contributed by atoms with Gasteiger partial charge in [-0.1, -0.05) is 17.7 Å². The summed E-state index contributed by atoms with van der Waals surface area (Å²) in [4.78, 5) is 43.4. The standard InChI is InChI=1S/C22H25N3O4S/c1-11(2)29-22(28)18-14(5)17-20(30-18)23-10-25(21(17)27)15(6)19(26)24-16-8-7-12(3)9-13(16)4/h7-11,15H,1-6H3,(H,24,26). The van der Waals surface area contributed by atoms with Crippen LogP contribution in [0.3, 0.4) is 0 Å². The van der Waals surface area contributed by atoms with E-state index in [2.05, 4.69) is 10.3 Å². The first-order valence-corrected chi connectivity index (χ1v) is 10.5. The lowest BCUT2D eigenvalue weighted by Crippen LogP contribution is -2.32. The summed E-state index contributed by atoms with van der Waals surface area (Å²) < 4.78 is 6.55. The molecule has 0 aliphatic carbocycles. The van der Waals surface area contributed by atoms with Gasteiger partial charge in [-0.3, -0.25) is 14.2 Å². The Morgan fingerprint density at radius 1 is 1.17 bits per heavy atom. The van der Waals surface area contributed by atoms with Crippen LogP contribution in [-0.4, -0.2) is 27.5 Å². The Labute approximate surface area is 178 Å². The molecule has 1 unspecified atom stereocenters. The largest absolute Gasteiger partial charge is 0.459 e. The van der Waals surface area contributed by atoms with Gasteiger partial charge in [0.05, 0.1) is 17.8 Å². The smallest absolute Gasteiger partial charge is 0.348 e. The number of hydrogen-bond acceptors (Lipinski definition) is 6. The molecule has 30 heavy (non-hydrogen) atoms. The van der Waals surface area contributed by atoms with Crippen molar-refractivity contribution in [3.63, 3.8) is 0 Å². The maximum Gasteiger partial charge on any atom is 0.348 e. The van der Waals surface area contributed by atoms with Gasteiger partial charge in [-0.25, -0.2) is 9.78 Å². The molecule has 7 nitrogen and oxygen atoms in total. The molecule has 1 aromatic carbocycles. The topological polar surface area (TPSA) is 90.3 Å². The lowest BCUT2D eigenvalue weighted by atomic mass is 10.1. The number of fused-ring (bicyclic) bond motifs is 1. The van der Waals surface area contributed by atoms with E-state index in [0.717, 1.165) is 22.5 Å². The van der Waals surface area contributed by atoms with Crippen molar-refractivity contribution in [3.05, 3.63) is 56.4 Å². The second kappa shape index (κ2) is 8.39. The lowest BCUT2D eigenvalue weighted by Gasteiger charge is -2.16. The van der Waals surface area contributed by atoms with Gasteiger partial charge in [0.2, 0.25) is 5.91 Å². The molecule has 0 saturated heterocycles. The first-order chi connectivity index (χ1) is 14.1. The number of amides is 1. The highest BCUT2D eigenvalue weighted by atomic mass is 32.1. The second-order valence-electron chi connectivity index (χ2n) is 7.63. The number of aromatic nitrogens is 2. The summed E-state index contributed by atoms with van der Waals surface area (Å²) in [7, 11) is 0. The average Bonchev–Trinajstić information content (AvgIpc) is 3.00. The molecule has 2 aromatic heterocycles. The van der Waals surface area contributed by atoms with Gasteiger partial charge in [-0.15, -0.1) is 11.3 Å². The highest BCUT2D eigenvalue weighted by molar-refractivity contribution is 7.20. The van der Waals surface area contributed by atoms with E-state index in [1.54, 1.807) is 27.7 Å². The molecular formula is C22H25N3O4S. The summed E-state index contributed by atoms with van der Waals surface area (Å²) in [5, 5.41) is 3.21. The predicted octanol–water partition coefficient (Wildman–Crippen LogP) is 4.15. The van der Waals surface area contributed by atoms with E-state index in [-0.39, 0.29) is 17.6 Å². The number of carbonyl (C=O) groups is 2. The van der Waals surface area contributed by atoms with Crippen molar-refractivity contribution in [1.82, 2.24) is 9.55 Å². The van der Waals surface area contributed by atoms with E-state index in [9.17, 15) is 14.4 Å². The van der Waals surface area contributed by atoms with Crippen molar-refractivity contribution < 1.29 is 14.3 Å². The molecule has 0 bridgehead atoms. The van der Waals surface area contributed by atoms with Crippen LogP contribution in [0.1, 0.15) is 53.2 Å². The number of esters is 1. The fraction of sp³-hybridized carbons (Fsp3) is 0.364. The van der Waals surface area contributed by atoms with Crippen molar-refractivity contribution in [1.29, 1.82) is 0 Å². The molecule has 0 saturated carbocycles. The van der Waals surface area contributed by atoms with Crippen molar-refractivity contribution in [2.45, 2.75) is 53.7 Å². The van der Waals surface area contributed by atoms with Gasteiger partial charge in [-0.2, -0.15) is 0 Å². The Hall–Kier alpha value is -3.00. The Kier molecular flexibility index (Phi) is 6.07. The van der Waals surface area contributed by atoms with Crippen LogP contribution in [0, 0.1) is 20.8 Å². The van der Waals surface area contributed by atoms with Gasteiger partial charge in [0, 0.05) is 5.69 Å². The molecular weight excluding hydrogens is 402 g/mol. The van der Waals surface area contributed by atoms with E-state index in [1.807, 2.05) is 32.0 Å². The van der Waals surface area contributed by atoms with Gasteiger partial charge in [0.15, 0.2) is 0 Å². The minimum atomic E-state index is -0.777. The third-order valence-electron chi connectivity index (χ3n) is 4.84. The van der Waals surface area contributed by atoms with Gasteiger partial charge in [0.1, 0.15) is 15.7 Å². The Morgan fingerprint density at radius 3 is 2.50 bits per heavy atom. The maximum absolute atomic E-state index is 13.1. The zero-order valence-electron chi connectivity index (χ0n) is 17.9. The van der Waals surface area contributed by atoms with Crippen molar-refractivity contribution in [2.24, 2.45) is 0 Å². The number of benzene rings is 1. The van der Waals surface area contributed by atoms with Gasteiger partial charge in [-0.05, 0) is 58.7 Å². The summed E-state index contributed by atoms with van der Waals surface area (Å²) in [6, 6.07) is 4.96. The minimum Gasteiger partial charge on any atom is -0.459 e. The monoisotopic (exact) mass is 427 g/mol. The van der Waals surface area contributed by atoms with Crippen molar-refractivity contribution in [2.75, 3.05) is 5.32 Å². The molecule has 1 amide bonds. The van der Waals surface area contributed by atoms with Crippen molar-refractivity contribution >= 4 is 39.1 Å². The molecule has 8 heteroatoms. The molecule has 3 aromatic rings. The van der Waals surface area contributed by atoms with Crippen LogP contribution >= 0.6 is 11.3 Å². The molecule has 0 fully saturated rings. The zero-order valence-corrected chi connectivity index (χ0v) is 18.7. The third-order valence-corrected chi connectivity index (χ3v) is 6.02. The van der Waals surface area contributed by atoms with E-state index in [4.69, 9.17) is 4.74 Å². The van der Waals surface area contributed by atoms with Gasteiger partial charge < -0.3 is 10.1 Å². The fourth-order valence-corrected chi connectivity index (χ4v) is 4.21. The van der Waals surface area contributed by atoms with E-state index in [1.165, 1.54) is 10.9 Å². The summed E-state index contributed by atoms with van der Waals surface area (Å²) in [6.45, 7) is 10.8. The van der Waals surface area contributed by atoms with Crippen LogP contribution in [-0.2, 0) is 9.53 Å². The molecule has 1 N–H and O–H groups in total. The number of nitrogens with zero attached hydrogens (tertiary/aromatic N) is 2. The summed E-state index contributed by atoms with van der Waals surface area (Å²) >= 11 is 1.12. The highest BCUT2D eigenvalue weighted by Crippen LogP contribution is 2.28. The number of nitrogens with one attached hydrogen (secondary N) is 1. The maximum atomic E-state index is 13.1. The Balaban J connectivity index is 1.94. The predicted molar refractivity (Wildman–Crippen MR) is 118 cm³/mol. The highest BCUT2D eigenvalue weighted by Gasteiger charge is 2.24. The van der Waals surface area contributed by atoms with Crippen LogP contribution in [0.15, 0.2) is 29.3 Å². The molecule has 158 valence electrons. The number of rotatable bonds is 5. The number of ether oxygens (including phenoxy) is 1. The summed E-state index contributed by atoms with van der Waals surface area (Å²) in [5.41, 5.74) is 2.91. The number of hydrogen-bond donors (Lipinski definition) is 1. The molecule has 0 aliphatic rings. The first kappa shape index (κ1) is 21.7. The molecule has 0 spiro atoms. The van der Waals surface area contributed by atoms with Crippen molar-refractivity contribution in [3.8, 4) is 0 Å². The van der Waals surface area contributed by atoms with Crippen LogP contribution < -0.4 is 10.9 Å². The van der Waals surface area contributed by atoms with Crippen LogP contribution in [0.5, 0.6) is 0 Å². The zero-order chi connectivity index (χ0) is 22.2. The van der Waals surface area contributed by atoms with Crippen LogP contribution in [0.25, 0.3) is 10.2 Å². The van der Waals surface area contributed by atoms with E-state index >= 15 is 0 Å². The molecule has 3 rings (SSSR count). The normalized spacial score (nSPS) is 12.2. The molecule has 0 radical (unpaired) electrons. The Morgan fingerprint density at radius 2 is 1.87 bits per heavy atom. The molecule has 0 aliphatic heterocycles. The fourth-order valence-electron chi connectivity index (χ4n) is 3.19. The number of aryl methyl sites for hydroxylation is 3. The molecule has 2 heterocycles. The number of anilines is 1. The lowest BCUT2D eigenvalue weighted by molar-refractivity contribution is -0.118. The Bertz CT molecular complexity index is 1190. The van der Waals surface area contributed by atoms with Crippen LogP contribution in [0.2, 0.25) is 0 Å². The average molecular weight is 428 g/mol. The number of carbonyl (C=O) groups excluding carboxylic acids is 2. The minimum absolute atomic E-state index is 0.263. The SMILES string of the molecule is Cc1ccc(NC(=O)C(C)n2cnc3sc(C(=O)OC(C)C)c(C)c3c2=O)c(C)c1. The second-order valence-corrected chi connectivity index (χ2v) is 8.63. The molecule has 1 atom stereocenters.